The molecule has 0 unspecified atom stereocenters. The maximum atomic E-state index is 12.1. The zero-order chi connectivity index (χ0) is 21.7. The van der Waals surface area contributed by atoms with E-state index in [9.17, 15) is 18.5 Å². The van der Waals surface area contributed by atoms with Crippen LogP contribution >= 0.6 is 0 Å². The van der Waals surface area contributed by atoms with E-state index in [0.717, 1.165) is 49.5 Å². The molecule has 1 amide bonds. The van der Waals surface area contributed by atoms with Gasteiger partial charge in [-0.05, 0) is 56.1 Å². The van der Waals surface area contributed by atoms with E-state index < -0.39 is 10.0 Å². The third-order valence-electron chi connectivity index (χ3n) is 6.25. The van der Waals surface area contributed by atoms with Crippen molar-refractivity contribution in [3.8, 4) is 6.07 Å². The Morgan fingerprint density at radius 2 is 1.93 bits per heavy atom. The van der Waals surface area contributed by atoms with Crippen LogP contribution in [-0.4, -0.2) is 56.8 Å². The minimum atomic E-state index is -3.36. The molecule has 1 N–H and O–H groups in total. The van der Waals surface area contributed by atoms with Crippen molar-refractivity contribution in [1.29, 1.82) is 5.26 Å². The van der Waals surface area contributed by atoms with Crippen molar-refractivity contribution in [2.75, 3.05) is 19.4 Å². The zero-order valence-electron chi connectivity index (χ0n) is 17.7. The van der Waals surface area contributed by atoms with E-state index in [1.165, 1.54) is 6.92 Å². The summed E-state index contributed by atoms with van der Waals surface area (Å²) in [5.74, 6) is 0.309. The Hall–Kier alpha value is -1.95. The summed E-state index contributed by atoms with van der Waals surface area (Å²) in [7, 11) is -3.36. The first-order chi connectivity index (χ1) is 14.3. The number of hydrogen-bond acceptors (Lipinski definition) is 5. The molecule has 1 aliphatic carbocycles. The van der Waals surface area contributed by atoms with Crippen LogP contribution < -0.4 is 4.72 Å². The normalized spacial score (nSPS) is 27.4. The largest absolute Gasteiger partial charge is 0.376 e. The van der Waals surface area contributed by atoms with Crippen LogP contribution in [0, 0.1) is 11.3 Å². The van der Waals surface area contributed by atoms with Crippen molar-refractivity contribution in [3.63, 3.8) is 0 Å². The van der Waals surface area contributed by atoms with Gasteiger partial charge in [-0.15, -0.1) is 0 Å². The highest BCUT2D eigenvalue weighted by atomic mass is 32.2. The Kier molecular flexibility index (Phi) is 7.50. The number of ether oxygens (including phenoxy) is 1. The fourth-order valence-corrected chi connectivity index (χ4v) is 5.62. The van der Waals surface area contributed by atoms with Gasteiger partial charge in [0.25, 0.3) is 0 Å². The minimum Gasteiger partial charge on any atom is -0.376 e. The van der Waals surface area contributed by atoms with E-state index in [2.05, 4.69) is 10.8 Å². The molecule has 1 heterocycles. The Bertz CT molecular complexity index is 888. The third-order valence-corrected chi connectivity index (χ3v) is 6.98. The number of nitrogens with one attached hydrogen (secondary N) is 1. The van der Waals surface area contributed by atoms with Crippen LogP contribution in [-0.2, 0) is 19.6 Å². The van der Waals surface area contributed by atoms with Gasteiger partial charge in [-0.3, -0.25) is 4.79 Å². The standard InChI is InChI=1S/C22H31N3O4S/c1-16(26)25-13-5-8-21(24-30(2,27)28)22(25)15-29-19-11-9-17(10-12-19)20-7-4-3-6-18(20)14-23/h3-4,6-7,17,19,21-22,24H,5,8-13,15H2,1-2H3/t17?,19?,21-,22-/m0/s1. The molecule has 2 atom stereocenters. The number of benzene rings is 1. The fourth-order valence-electron chi connectivity index (χ4n) is 4.80. The first-order valence-corrected chi connectivity index (χ1v) is 12.5. The molecular weight excluding hydrogens is 402 g/mol. The smallest absolute Gasteiger partial charge is 0.219 e. The van der Waals surface area contributed by atoms with Gasteiger partial charge in [0.05, 0.1) is 36.6 Å². The summed E-state index contributed by atoms with van der Waals surface area (Å²) < 4.78 is 32.4. The second-order valence-electron chi connectivity index (χ2n) is 8.42. The van der Waals surface area contributed by atoms with Crippen LogP contribution in [0.15, 0.2) is 24.3 Å². The summed E-state index contributed by atoms with van der Waals surface area (Å²) >= 11 is 0. The van der Waals surface area contributed by atoms with Gasteiger partial charge in [-0.25, -0.2) is 13.1 Å². The summed E-state index contributed by atoms with van der Waals surface area (Å²) in [6, 6.07) is 9.45. The zero-order valence-corrected chi connectivity index (χ0v) is 18.5. The van der Waals surface area contributed by atoms with Crippen molar-refractivity contribution in [3.05, 3.63) is 35.4 Å². The Labute approximate surface area is 179 Å². The average Bonchev–Trinajstić information content (AvgIpc) is 2.72. The number of likely N-dealkylation sites (tertiary alicyclic amines) is 1. The molecule has 1 aromatic carbocycles. The number of carbonyl (C=O) groups excluding carboxylic acids is 1. The summed E-state index contributed by atoms with van der Waals surface area (Å²) in [4.78, 5) is 13.8. The Morgan fingerprint density at radius 3 is 2.57 bits per heavy atom. The monoisotopic (exact) mass is 433 g/mol. The quantitative estimate of drug-likeness (QED) is 0.743. The van der Waals surface area contributed by atoms with Gasteiger partial charge in [0.15, 0.2) is 0 Å². The van der Waals surface area contributed by atoms with Gasteiger partial charge in [0.1, 0.15) is 0 Å². The van der Waals surface area contributed by atoms with Gasteiger partial charge < -0.3 is 9.64 Å². The molecule has 30 heavy (non-hydrogen) atoms. The maximum absolute atomic E-state index is 12.1. The lowest BCUT2D eigenvalue weighted by molar-refractivity contribution is -0.136. The van der Waals surface area contributed by atoms with Gasteiger partial charge in [0, 0.05) is 19.5 Å². The molecule has 3 rings (SSSR count). The lowest BCUT2D eigenvalue weighted by Crippen LogP contribution is -2.58. The Balaban J connectivity index is 1.59. The van der Waals surface area contributed by atoms with E-state index in [-0.39, 0.29) is 24.1 Å². The number of rotatable bonds is 6. The topological polar surface area (TPSA) is 99.5 Å². The predicted molar refractivity (Wildman–Crippen MR) is 114 cm³/mol. The van der Waals surface area contributed by atoms with E-state index in [1.54, 1.807) is 4.90 Å². The molecule has 0 spiro atoms. The van der Waals surface area contributed by atoms with Crippen LogP contribution in [0.5, 0.6) is 0 Å². The van der Waals surface area contributed by atoms with Crippen LogP contribution in [0.4, 0.5) is 0 Å². The van der Waals surface area contributed by atoms with Crippen LogP contribution in [0.2, 0.25) is 0 Å². The molecule has 1 aliphatic heterocycles. The van der Waals surface area contributed by atoms with E-state index in [1.807, 2.05) is 24.3 Å². The molecule has 1 saturated carbocycles. The number of nitrogens with zero attached hydrogens (tertiary/aromatic N) is 2. The van der Waals surface area contributed by atoms with Crippen LogP contribution in [0.3, 0.4) is 0 Å². The first kappa shape index (κ1) is 22.7. The summed E-state index contributed by atoms with van der Waals surface area (Å²) in [6.45, 7) is 2.48. The van der Waals surface area contributed by atoms with E-state index in [4.69, 9.17) is 4.74 Å². The molecule has 0 radical (unpaired) electrons. The van der Waals surface area contributed by atoms with Crippen molar-refractivity contribution in [2.24, 2.45) is 0 Å². The molecule has 7 nitrogen and oxygen atoms in total. The van der Waals surface area contributed by atoms with Gasteiger partial charge in [0.2, 0.25) is 15.9 Å². The number of nitriles is 1. The lowest BCUT2D eigenvalue weighted by atomic mass is 9.81. The first-order valence-electron chi connectivity index (χ1n) is 10.6. The average molecular weight is 434 g/mol. The van der Waals surface area contributed by atoms with Gasteiger partial charge in [-0.2, -0.15) is 5.26 Å². The molecular formula is C22H31N3O4S. The molecule has 1 saturated heterocycles. The van der Waals surface area contributed by atoms with Crippen LogP contribution in [0.1, 0.15) is 62.5 Å². The molecule has 8 heteroatoms. The van der Waals surface area contributed by atoms with E-state index in [0.29, 0.717) is 25.5 Å². The second kappa shape index (κ2) is 9.90. The maximum Gasteiger partial charge on any atom is 0.219 e. The minimum absolute atomic E-state index is 0.0552. The number of sulfonamides is 1. The Morgan fingerprint density at radius 1 is 1.23 bits per heavy atom. The number of amides is 1. The number of piperidine rings is 1. The van der Waals surface area contributed by atoms with Crippen molar-refractivity contribution in [1.82, 2.24) is 9.62 Å². The summed E-state index contributed by atoms with van der Waals surface area (Å²) in [5.41, 5.74) is 1.86. The molecule has 2 fully saturated rings. The van der Waals surface area contributed by atoms with Gasteiger partial charge in [-0.1, -0.05) is 18.2 Å². The summed E-state index contributed by atoms with van der Waals surface area (Å²) in [5, 5.41) is 9.35. The lowest BCUT2D eigenvalue weighted by Gasteiger charge is -2.41. The van der Waals surface area contributed by atoms with Crippen molar-refractivity contribution >= 4 is 15.9 Å². The van der Waals surface area contributed by atoms with Crippen LogP contribution in [0.25, 0.3) is 0 Å². The molecule has 2 aliphatic rings. The highest BCUT2D eigenvalue weighted by Gasteiger charge is 2.35. The molecule has 0 bridgehead atoms. The highest BCUT2D eigenvalue weighted by Crippen LogP contribution is 2.35. The molecule has 0 aromatic heterocycles. The molecule has 1 aromatic rings. The SMILES string of the molecule is CC(=O)N1CCC[C@H](NS(C)(=O)=O)[C@@H]1COC1CCC(c2ccccc2C#N)CC1. The van der Waals surface area contributed by atoms with E-state index >= 15 is 0 Å². The number of hydrogen-bond donors (Lipinski definition) is 1. The second-order valence-corrected chi connectivity index (χ2v) is 10.2. The van der Waals surface area contributed by atoms with Crippen molar-refractivity contribution < 1.29 is 17.9 Å². The third kappa shape index (κ3) is 5.81. The predicted octanol–water partition coefficient (Wildman–Crippen LogP) is 2.53. The van der Waals surface area contributed by atoms with Gasteiger partial charge >= 0.3 is 0 Å². The summed E-state index contributed by atoms with van der Waals surface area (Å²) in [6.07, 6.45) is 6.39. The fraction of sp³-hybridized carbons (Fsp3) is 0.636. The highest BCUT2D eigenvalue weighted by molar-refractivity contribution is 7.88. The molecule has 164 valence electrons. The van der Waals surface area contributed by atoms with Crippen molar-refractivity contribution in [2.45, 2.75) is 69.6 Å². The number of carbonyl (C=O) groups is 1.